The van der Waals surface area contributed by atoms with Gasteiger partial charge >= 0.3 is 12.0 Å². The number of methoxy groups -OCH3 is 2. The van der Waals surface area contributed by atoms with Gasteiger partial charge in [0, 0.05) is 23.1 Å². The fourth-order valence-electron chi connectivity index (χ4n) is 4.21. The van der Waals surface area contributed by atoms with Crippen LogP contribution in [-0.2, 0) is 16.0 Å². The minimum absolute atomic E-state index is 0.171. The maximum absolute atomic E-state index is 13.1. The molecule has 0 saturated carbocycles. The average molecular weight is 437 g/mol. The summed E-state index contributed by atoms with van der Waals surface area (Å²) in [5.74, 6) is 1.07. The van der Waals surface area contributed by atoms with Crippen molar-refractivity contribution in [2.75, 3.05) is 33.9 Å². The second-order valence-electron chi connectivity index (χ2n) is 7.51. The van der Waals surface area contributed by atoms with Gasteiger partial charge in [0.2, 0.25) is 0 Å². The summed E-state index contributed by atoms with van der Waals surface area (Å²) in [5, 5.41) is 3.78. The summed E-state index contributed by atoms with van der Waals surface area (Å²) in [6.07, 6.45) is 0.683. The molecular formula is C24H27N3O5. The highest BCUT2D eigenvalue weighted by atomic mass is 16.5. The standard InChI is InChI=1S/C24H27N3O5/c1-4-32-21(28)14-25-24(29)27-12-11-18-19-13-17(31-3)9-10-20(19)26-22(18)23(27)15-5-7-16(30-2)8-6-15/h5-10,13,23,26H,4,11-12,14H2,1-3H3,(H,25,29). The normalized spacial score (nSPS) is 15.2. The van der Waals surface area contributed by atoms with Crippen molar-refractivity contribution in [1.29, 1.82) is 0 Å². The first-order valence-corrected chi connectivity index (χ1v) is 10.6. The van der Waals surface area contributed by atoms with Gasteiger partial charge in [-0.1, -0.05) is 12.1 Å². The van der Waals surface area contributed by atoms with E-state index < -0.39 is 5.97 Å². The van der Waals surface area contributed by atoms with E-state index in [1.165, 1.54) is 0 Å². The smallest absolute Gasteiger partial charge is 0.325 e. The maximum Gasteiger partial charge on any atom is 0.325 e. The van der Waals surface area contributed by atoms with Gasteiger partial charge in [-0.25, -0.2) is 4.79 Å². The molecule has 32 heavy (non-hydrogen) atoms. The van der Waals surface area contributed by atoms with Gasteiger partial charge in [0.1, 0.15) is 18.0 Å². The number of nitrogens with zero attached hydrogens (tertiary/aromatic N) is 1. The molecule has 0 bridgehead atoms. The topological polar surface area (TPSA) is 92.9 Å². The Labute approximate surface area is 186 Å². The Morgan fingerprint density at radius 3 is 2.50 bits per heavy atom. The predicted octanol–water partition coefficient (Wildman–Crippen LogP) is 3.41. The van der Waals surface area contributed by atoms with Crippen LogP contribution in [0.2, 0.25) is 0 Å². The number of carbonyl (C=O) groups is 2. The highest BCUT2D eigenvalue weighted by molar-refractivity contribution is 5.88. The molecule has 0 fully saturated rings. The molecule has 168 valence electrons. The van der Waals surface area contributed by atoms with E-state index in [-0.39, 0.29) is 25.2 Å². The molecule has 4 rings (SSSR count). The first-order chi connectivity index (χ1) is 15.5. The van der Waals surface area contributed by atoms with Crippen molar-refractivity contribution in [1.82, 2.24) is 15.2 Å². The molecule has 2 amide bonds. The number of H-pyrrole nitrogens is 1. The molecule has 1 aliphatic rings. The number of aromatic amines is 1. The Kier molecular flexibility index (Phi) is 6.20. The molecular weight excluding hydrogens is 410 g/mol. The summed E-state index contributed by atoms with van der Waals surface area (Å²) in [7, 11) is 3.27. The zero-order valence-electron chi connectivity index (χ0n) is 18.4. The van der Waals surface area contributed by atoms with Crippen LogP contribution in [0.15, 0.2) is 42.5 Å². The number of rotatable bonds is 6. The number of fused-ring (bicyclic) bond motifs is 3. The molecule has 2 N–H and O–H groups in total. The minimum atomic E-state index is -0.461. The monoisotopic (exact) mass is 437 g/mol. The quantitative estimate of drug-likeness (QED) is 0.577. The third-order valence-corrected chi connectivity index (χ3v) is 5.72. The van der Waals surface area contributed by atoms with Gasteiger partial charge in [-0.05, 0) is 54.8 Å². The Morgan fingerprint density at radius 1 is 1.09 bits per heavy atom. The second kappa shape index (κ2) is 9.21. The summed E-state index contributed by atoms with van der Waals surface area (Å²) >= 11 is 0. The fourth-order valence-corrected chi connectivity index (χ4v) is 4.21. The number of aromatic nitrogens is 1. The van der Waals surface area contributed by atoms with Gasteiger partial charge in [-0.15, -0.1) is 0 Å². The summed E-state index contributed by atoms with van der Waals surface area (Å²) in [6.45, 7) is 2.34. The lowest BCUT2D eigenvalue weighted by Gasteiger charge is -2.36. The van der Waals surface area contributed by atoms with Crippen molar-refractivity contribution < 1.29 is 23.8 Å². The van der Waals surface area contributed by atoms with Gasteiger partial charge in [0.15, 0.2) is 0 Å². The molecule has 2 heterocycles. The number of carbonyl (C=O) groups excluding carboxylic acids is 2. The van der Waals surface area contributed by atoms with Gasteiger partial charge < -0.3 is 29.4 Å². The lowest BCUT2D eigenvalue weighted by Crippen LogP contribution is -2.47. The Bertz CT molecular complexity index is 1120. The summed E-state index contributed by atoms with van der Waals surface area (Å²) in [6, 6.07) is 12.9. The number of amides is 2. The van der Waals surface area contributed by atoms with Crippen molar-refractivity contribution >= 4 is 22.9 Å². The van der Waals surface area contributed by atoms with Gasteiger partial charge in [-0.3, -0.25) is 4.79 Å². The SMILES string of the molecule is CCOC(=O)CNC(=O)N1CCc2c([nH]c3ccc(OC)cc23)C1c1ccc(OC)cc1. The fraction of sp³-hybridized carbons (Fsp3) is 0.333. The number of ether oxygens (including phenoxy) is 3. The molecule has 2 aromatic carbocycles. The lowest BCUT2D eigenvalue weighted by molar-refractivity contribution is -0.141. The number of benzene rings is 2. The largest absolute Gasteiger partial charge is 0.497 e. The van der Waals surface area contributed by atoms with Crippen LogP contribution in [-0.4, -0.2) is 55.8 Å². The van der Waals surface area contributed by atoms with Crippen molar-refractivity contribution in [2.24, 2.45) is 0 Å². The first kappa shape index (κ1) is 21.5. The molecule has 1 unspecified atom stereocenters. The molecule has 1 aliphatic heterocycles. The number of hydrogen-bond acceptors (Lipinski definition) is 5. The van der Waals surface area contributed by atoms with Crippen molar-refractivity contribution in [2.45, 2.75) is 19.4 Å². The van der Waals surface area contributed by atoms with Gasteiger partial charge in [0.05, 0.1) is 26.9 Å². The molecule has 1 aromatic heterocycles. The third-order valence-electron chi connectivity index (χ3n) is 5.72. The number of urea groups is 1. The van der Waals surface area contributed by atoms with Crippen molar-refractivity contribution in [3.05, 3.63) is 59.3 Å². The van der Waals surface area contributed by atoms with E-state index in [1.807, 2.05) is 42.5 Å². The molecule has 0 spiro atoms. The number of nitrogens with one attached hydrogen (secondary N) is 2. The average Bonchev–Trinajstić information content (AvgIpc) is 3.20. The van der Waals surface area contributed by atoms with E-state index in [4.69, 9.17) is 14.2 Å². The van der Waals surface area contributed by atoms with Crippen LogP contribution in [0.25, 0.3) is 10.9 Å². The predicted molar refractivity (Wildman–Crippen MR) is 120 cm³/mol. The molecule has 1 atom stereocenters. The summed E-state index contributed by atoms with van der Waals surface area (Å²) < 4.78 is 15.6. The summed E-state index contributed by atoms with van der Waals surface area (Å²) in [5.41, 5.74) is 4.05. The zero-order valence-corrected chi connectivity index (χ0v) is 18.4. The Morgan fingerprint density at radius 2 is 1.81 bits per heavy atom. The van der Waals surface area contributed by atoms with Gasteiger partial charge in [0.25, 0.3) is 0 Å². The molecule has 0 aliphatic carbocycles. The van der Waals surface area contributed by atoms with E-state index >= 15 is 0 Å². The Hall–Kier alpha value is -3.68. The highest BCUT2D eigenvalue weighted by Crippen LogP contribution is 2.39. The van der Waals surface area contributed by atoms with Crippen LogP contribution in [0.4, 0.5) is 4.79 Å². The molecule has 8 heteroatoms. The number of hydrogen-bond donors (Lipinski definition) is 2. The van der Waals surface area contributed by atoms with E-state index in [9.17, 15) is 9.59 Å². The van der Waals surface area contributed by atoms with E-state index in [0.717, 1.165) is 39.2 Å². The third kappa shape index (κ3) is 4.08. The van der Waals surface area contributed by atoms with E-state index in [2.05, 4.69) is 10.3 Å². The van der Waals surface area contributed by atoms with Crippen LogP contribution < -0.4 is 14.8 Å². The Balaban J connectivity index is 1.73. The minimum Gasteiger partial charge on any atom is -0.497 e. The van der Waals surface area contributed by atoms with E-state index in [0.29, 0.717) is 13.0 Å². The van der Waals surface area contributed by atoms with Crippen LogP contribution >= 0.6 is 0 Å². The van der Waals surface area contributed by atoms with Crippen LogP contribution in [0.3, 0.4) is 0 Å². The lowest BCUT2D eigenvalue weighted by atomic mass is 9.92. The van der Waals surface area contributed by atoms with Crippen LogP contribution in [0.5, 0.6) is 11.5 Å². The number of esters is 1. The molecule has 0 radical (unpaired) electrons. The van der Waals surface area contributed by atoms with Gasteiger partial charge in [-0.2, -0.15) is 0 Å². The van der Waals surface area contributed by atoms with Crippen molar-refractivity contribution in [3.8, 4) is 11.5 Å². The molecule has 0 saturated heterocycles. The van der Waals surface area contributed by atoms with E-state index in [1.54, 1.807) is 26.0 Å². The van der Waals surface area contributed by atoms with Crippen LogP contribution in [0, 0.1) is 0 Å². The zero-order chi connectivity index (χ0) is 22.7. The maximum atomic E-state index is 13.1. The van der Waals surface area contributed by atoms with Crippen LogP contribution in [0.1, 0.15) is 29.8 Å². The highest BCUT2D eigenvalue weighted by Gasteiger charge is 2.34. The summed E-state index contributed by atoms with van der Waals surface area (Å²) in [4.78, 5) is 30.1. The molecule has 3 aromatic rings. The molecule has 8 nitrogen and oxygen atoms in total. The van der Waals surface area contributed by atoms with Crippen molar-refractivity contribution in [3.63, 3.8) is 0 Å². The second-order valence-corrected chi connectivity index (χ2v) is 7.51. The first-order valence-electron chi connectivity index (χ1n) is 10.6.